The van der Waals surface area contributed by atoms with Crippen molar-refractivity contribution in [3.63, 3.8) is 0 Å². The molecule has 0 radical (unpaired) electrons. The fourth-order valence-electron chi connectivity index (χ4n) is 3.51. The van der Waals surface area contributed by atoms with Crippen LogP contribution in [0.1, 0.15) is 43.1 Å². The zero-order chi connectivity index (χ0) is 15.8. The lowest BCUT2D eigenvalue weighted by atomic mass is 9.85. The van der Waals surface area contributed by atoms with Crippen LogP contribution in [0.25, 0.3) is 11.0 Å². The maximum Gasteiger partial charge on any atom is 0.132 e. The molecule has 0 spiro atoms. The zero-order valence-electron chi connectivity index (χ0n) is 13.9. The topological polar surface area (TPSA) is 85.1 Å². The average molecular weight is 381 g/mol. The zero-order valence-corrected chi connectivity index (χ0v) is 15.4. The molecule has 4 N–H and O–H groups in total. The van der Waals surface area contributed by atoms with Gasteiger partial charge < -0.3 is 15.8 Å². The molecular weight excluding hydrogens is 359 g/mol. The number of halogens is 2. The van der Waals surface area contributed by atoms with E-state index in [1.54, 1.807) is 0 Å². The summed E-state index contributed by atoms with van der Waals surface area (Å²) in [5.41, 5.74) is 3.21. The van der Waals surface area contributed by atoms with Crippen LogP contribution in [0.15, 0.2) is 42.7 Å². The van der Waals surface area contributed by atoms with E-state index >= 15 is 0 Å². The number of benzene rings is 1. The monoisotopic (exact) mass is 380 g/mol. The molecular formula is C18H22Cl2N4O. The average Bonchev–Trinajstić information content (AvgIpc) is 3.02. The summed E-state index contributed by atoms with van der Waals surface area (Å²) in [6, 6.07) is 10.8. The fourth-order valence-corrected chi connectivity index (χ4v) is 3.71. The van der Waals surface area contributed by atoms with Crippen molar-refractivity contribution >= 4 is 35.0 Å². The smallest absolute Gasteiger partial charge is 0.132 e. The van der Waals surface area contributed by atoms with Gasteiger partial charge in [-0.05, 0) is 43.5 Å². The number of nitrogens with one attached hydrogen (secondary N) is 2. The number of nitrogens with zero attached hydrogens (tertiary/aromatic N) is 2. The van der Waals surface area contributed by atoms with Crippen molar-refractivity contribution < 1.29 is 5.48 Å². The van der Waals surface area contributed by atoms with Gasteiger partial charge in [0.05, 0.1) is 17.2 Å². The number of hydrogen-bond donors (Lipinski definition) is 2. The van der Waals surface area contributed by atoms with E-state index in [1.165, 1.54) is 5.56 Å². The third-order valence-electron chi connectivity index (χ3n) is 4.58. The molecule has 1 aliphatic rings. The highest BCUT2D eigenvalue weighted by atomic mass is 35.5. The summed E-state index contributed by atoms with van der Waals surface area (Å²) in [5.74, 6) is 1.30. The predicted molar refractivity (Wildman–Crippen MR) is 104 cm³/mol. The molecule has 0 amide bonds. The highest BCUT2D eigenvalue weighted by Gasteiger charge is 2.29. The Morgan fingerprint density at radius 1 is 1.20 bits per heavy atom. The van der Waals surface area contributed by atoms with E-state index in [0.717, 1.165) is 34.7 Å². The Labute approximate surface area is 157 Å². The van der Waals surface area contributed by atoms with Gasteiger partial charge in [0.15, 0.2) is 0 Å². The SMILES string of the molecule is CC1CC(c2ncc3[nH]ccc3n2)CC(c2cccc(Cl)c2)N1.Cl.O. The second-order valence-electron chi connectivity index (χ2n) is 6.35. The van der Waals surface area contributed by atoms with Crippen molar-refractivity contribution in [2.24, 2.45) is 0 Å². The van der Waals surface area contributed by atoms with Gasteiger partial charge in [0.1, 0.15) is 5.82 Å². The number of aromatic nitrogens is 3. The van der Waals surface area contributed by atoms with Crippen LogP contribution in [0.4, 0.5) is 0 Å². The van der Waals surface area contributed by atoms with Crippen LogP contribution in [-0.2, 0) is 0 Å². The third-order valence-corrected chi connectivity index (χ3v) is 4.81. The summed E-state index contributed by atoms with van der Waals surface area (Å²) >= 11 is 6.15. The van der Waals surface area contributed by atoms with E-state index in [-0.39, 0.29) is 23.9 Å². The molecule has 25 heavy (non-hydrogen) atoms. The molecule has 1 fully saturated rings. The van der Waals surface area contributed by atoms with Gasteiger partial charge >= 0.3 is 0 Å². The number of fused-ring (bicyclic) bond motifs is 1. The van der Waals surface area contributed by atoms with Crippen molar-refractivity contribution in [1.82, 2.24) is 20.3 Å². The molecule has 3 unspecified atom stereocenters. The van der Waals surface area contributed by atoms with Crippen molar-refractivity contribution in [3.05, 3.63) is 59.1 Å². The Kier molecular flexibility index (Phi) is 6.41. The summed E-state index contributed by atoms with van der Waals surface area (Å²) in [5, 5.41) is 4.45. The van der Waals surface area contributed by atoms with Crippen LogP contribution in [0.3, 0.4) is 0 Å². The van der Waals surface area contributed by atoms with Gasteiger partial charge in [-0.3, -0.25) is 0 Å². The lowest BCUT2D eigenvalue weighted by Crippen LogP contribution is -2.38. The molecule has 1 aromatic carbocycles. The second-order valence-corrected chi connectivity index (χ2v) is 6.78. The lowest BCUT2D eigenvalue weighted by molar-refractivity contribution is 0.300. The van der Waals surface area contributed by atoms with Crippen LogP contribution >= 0.6 is 24.0 Å². The van der Waals surface area contributed by atoms with E-state index in [0.29, 0.717) is 12.0 Å². The van der Waals surface area contributed by atoms with Crippen LogP contribution in [0, 0.1) is 0 Å². The van der Waals surface area contributed by atoms with Gasteiger partial charge in [-0.2, -0.15) is 0 Å². The van der Waals surface area contributed by atoms with Crippen molar-refractivity contribution in [1.29, 1.82) is 0 Å². The van der Waals surface area contributed by atoms with Gasteiger partial charge in [-0.1, -0.05) is 23.7 Å². The number of rotatable bonds is 2. The molecule has 134 valence electrons. The highest BCUT2D eigenvalue weighted by Crippen LogP contribution is 2.35. The molecule has 4 rings (SSSR count). The quantitative estimate of drug-likeness (QED) is 0.708. The first-order valence-electron chi connectivity index (χ1n) is 8.00. The molecule has 0 saturated carbocycles. The molecule has 3 aromatic rings. The van der Waals surface area contributed by atoms with Gasteiger partial charge in [-0.25, -0.2) is 9.97 Å². The third kappa shape index (κ3) is 4.12. The van der Waals surface area contributed by atoms with Crippen LogP contribution in [0.2, 0.25) is 5.02 Å². The van der Waals surface area contributed by atoms with Crippen molar-refractivity contribution in [3.8, 4) is 0 Å². The summed E-state index contributed by atoms with van der Waals surface area (Å²) in [6.45, 7) is 2.22. The number of piperidine rings is 1. The summed E-state index contributed by atoms with van der Waals surface area (Å²) in [7, 11) is 0. The maximum atomic E-state index is 6.15. The number of aromatic amines is 1. The van der Waals surface area contributed by atoms with Crippen LogP contribution in [-0.4, -0.2) is 26.5 Å². The molecule has 1 aliphatic heterocycles. The first-order chi connectivity index (χ1) is 11.2. The first-order valence-corrected chi connectivity index (χ1v) is 8.38. The largest absolute Gasteiger partial charge is 0.412 e. The van der Waals surface area contributed by atoms with Gasteiger partial charge in [-0.15, -0.1) is 12.4 Å². The predicted octanol–water partition coefficient (Wildman–Crippen LogP) is 3.81. The second kappa shape index (κ2) is 8.15. The molecule has 7 heteroatoms. The van der Waals surface area contributed by atoms with Gasteiger partial charge in [0, 0.05) is 29.2 Å². The van der Waals surface area contributed by atoms with Crippen molar-refractivity contribution in [2.75, 3.05) is 0 Å². The normalized spacial score (nSPS) is 22.9. The number of hydrogen-bond acceptors (Lipinski definition) is 3. The minimum Gasteiger partial charge on any atom is -0.412 e. The van der Waals surface area contributed by atoms with Crippen molar-refractivity contribution in [2.45, 2.75) is 37.8 Å². The molecule has 3 heterocycles. The fraction of sp³-hybridized carbons (Fsp3) is 0.333. The lowest BCUT2D eigenvalue weighted by Gasteiger charge is -2.34. The summed E-state index contributed by atoms with van der Waals surface area (Å²) < 4.78 is 0. The first kappa shape index (κ1) is 19.7. The van der Waals surface area contributed by atoms with E-state index in [1.807, 2.05) is 36.7 Å². The van der Waals surface area contributed by atoms with Crippen LogP contribution < -0.4 is 5.32 Å². The Hall–Kier alpha value is -1.66. The Bertz CT molecular complexity index is 839. The molecule has 2 aromatic heterocycles. The standard InChI is InChI=1S/C18H19ClN4.ClH.H2O/c1-11-7-13(18-21-10-17-15(23-18)5-6-20-17)9-16(22-11)12-3-2-4-14(19)8-12;;/h2-6,8,10-11,13,16,20,22H,7,9H2,1H3;1H;1H2. The van der Waals surface area contributed by atoms with Gasteiger partial charge in [0.25, 0.3) is 0 Å². The Morgan fingerprint density at radius 2 is 2.04 bits per heavy atom. The molecule has 3 atom stereocenters. The molecule has 1 saturated heterocycles. The van der Waals surface area contributed by atoms with E-state index in [2.05, 4.69) is 28.3 Å². The Balaban J connectivity index is 0.00000113. The van der Waals surface area contributed by atoms with Crippen LogP contribution in [0.5, 0.6) is 0 Å². The number of H-pyrrole nitrogens is 1. The summed E-state index contributed by atoms with van der Waals surface area (Å²) in [6.07, 6.45) is 5.83. The minimum atomic E-state index is 0. The van der Waals surface area contributed by atoms with E-state index in [4.69, 9.17) is 16.6 Å². The Morgan fingerprint density at radius 3 is 2.84 bits per heavy atom. The highest BCUT2D eigenvalue weighted by molar-refractivity contribution is 6.30. The van der Waals surface area contributed by atoms with Gasteiger partial charge in [0.2, 0.25) is 0 Å². The summed E-state index contributed by atoms with van der Waals surface area (Å²) in [4.78, 5) is 12.5. The minimum absolute atomic E-state index is 0. The maximum absolute atomic E-state index is 6.15. The van der Waals surface area contributed by atoms with E-state index < -0.39 is 0 Å². The molecule has 0 bridgehead atoms. The molecule has 0 aliphatic carbocycles. The van der Waals surface area contributed by atoms with E-state index in [9.17, 15) is 0 Å². The molecule has 5 nitrogen and oxygen atoms in total.